The van der Waals surface area contributed by atoms with Gasteiger partial charge in [-0.3, -0.25) is 0 Å². The lowest BCUT2D eigenvalue weighted by Crippen LogP contribution is -1.92. The van der Waals surface area contributed by atoms with Crippen molar-refractivity contribution in [1.29, 1.82) is 0 Å². The van der Waals surface area contributed by atoms with E-state index in [1.807, 2.05) is 31.2 Å². The molecule has 0 spiro atoms. The first-order chi connectivity index (χ1) is 7.29. The number of benzene rings is 1. The molecule has 1 aromatic carbocycles. The molecule has 0 bridgehead atoms. The summed E-state index contributed by atoms with van der Waals surface area (Å²) >= 11 is 2.26. The summed E-state index contributed by atoms with van der Waals surface area (Å²) in [6.07, 6.45) is 0. The van der Waals surface area contributed by atoms with Gasteiger partial charge in [0.1, 0.15) is 0 Å². The molecule has 2 aromatic rings. The van der Waals surface area contributed by atoms with Gasteiger partial charge in [0.2, 0.25) is 0 Å². The molecule has 0 saturated carbocycles. The smallest absolute Gasteiger partial charge is 0.312 e. The van der Waals surface area contributed by atoms with E-state index in [1.165, 1.54) is 0 Å². The van der Waals surface area contributed by atoms with Crippen LogP contribution in [-0.2, 0) is 0 Å². The van der Waals surface area contributed by atoms with Crippen LogP contribution in [0.1, 0.15) is 6.92 Å². The number of hydrogen-bond acceptors (Lipinski definition) is 3. The van der Waals surface area contributed by atoms with Crippen LogP contribution in [0, 0.1) is 3.57 Å². The molecule has 1 N–H and O–H groups in total. The Morgan fingerprint density at radius 1 is 1.47 bits per heavy atom. The molecule has 0 unspecified atom stereocenters. The summed E-state index contributed by atoms with van der Waals surface area (Å²) in [5.74, 6) is 0.664. The fraction of sp³-hybridized carbons (Fsp3) is 0.200. The number of rotatable bonds is 3. The van der Waals surface area contributed by atoms with Gasteiger partial charge in [0.15, 0.2) is 5.82 Å². The molecule has 0 aliphatic carbocycles. The lowest BCUT2D eigenvalue weighted by Gasteiger charge is -1.95. The van der Waals surface area contributed by atoms with E-state index in [1.54, 1.807) is 0 Å². The van der Waals surface area contributed by atoms with Gasteiger partial charge < -0.3 is 4.74 Å². The Hall–Kier alpha value is -1.11. The van der Waals surface area contributed by atoms with Crippen molar-refractivity contribution in [2.45, 2.75) is 6.92 Å². The van der Waals surface area contributed by atoms with E-state index in [2.05, 4.69) is 37.8 Å². The Bertz CT molecular complexity index is 455. The summed E-state index contributed by atoms with van der Waals surface area (Å²) in [4.78, 5) is 4.22. The first-order valence-electron chi connectivity index (χ1n) is 4.60. The Kier molecular flexibility index (Phi) is 3.20. The fourth-order valence-corrected chi connectivity index (χ4v) is 1.75. The number of ether oxygens (including phenoxy) is 1. The third-order valence-electron chi connectivity index (χ3n) is 1.83. The first-order valence-corrected chi connectivity index (χ1v) is 5.68. The van der Waals surface area contributed by atoms with Gasteiger partial charge in [-0.1, -0.05) is 12.1 Å². The third-order valence-corrected chi connectivity index (χ3v) is 2.50. The summed E-state index contributed by atoms with van der Waals surface area (Å²) in [5, 5.41) is 6.82. The van der Waals surface area contributed by atoms with Gasteiger partial charge in [0, 0.05) is 9.13 Å². The van der Waals surface area contributed by atoms with E-state index < -0.39 is 0 Å². The molecule has 5 heteroatoms. The topological polar surface area (TPSA) is 50.8 Å². The van der Waals surface area contributed by atoms with Gasteiger partial charge in [0.25, 0.3) is 0 Å². The van der Waals surface area contributed by atoms with Crippen molar-refractivity contribution >= 4 is 22.6 Å². The van der Waals surface area contributed by atoms with E-state index in [9.17, 15) is 0 Å². The van der Waals surface area contributed by atoms with E-state index >= 15 is 0 Å². The van der Waals surface area contributed by atoms with Gasteiger partial charge >= 0.3 is 6.01 Å². The van der Waals surface area contributed by atoms with Gasteiger partial charge in [-0.15, -0.1) is 0 Å². The maximum atomic E-state index is 5.21. The maximum absolute atomic E-state index is 5.21. The zero-order valence-corrected chi connectivity index (χ0v) is 10.4. The largest absolute Gasteiger partial charge is 0.464 e. The van der Waals surface area contributed by atoms with Gasteiger partial charge in [-0.2, -0.15) is 10.1 Å². The van der Waals surface area contributed by atoms with E-state index in [-0.39, 0.29) is 0 Å². The van der Waals surface area contributed by atoms with Crippen LogP contribution >= 0.6 is 22.6 Å². The van der Waals surface area contributed by atoms with E-state index in [4.69, 9.17) is 4.74 Å². The number of halogens is 1. The number of aromatic amines is 1. The third kappa shape index (κ3) is 2.47. The lowest BCUT2D eigenvalue weighted by atomic mass is 10.2. The van der Waals surface area contributed by atoms with Crippen LogP contribution in [0.4, 0.5) is 0 Å². The minimum absolute atomic E-state index is 0.464. The van der Waals surface area contributed by atoms with E-state index in [0.29, 0.717) is 18.4 Å². The molecule has 0 amide bonds. The van der Waals surface area contributed by atoms with Crippen molar-refractivity contribution < 1.29 is 4.74 Å². The summed E-state index contributed by atoms with van der Waals surface area (Å²) in [7, 11) is 0. The highest BCUT2D eigenvalue weighted by Gasteiger charge is 2.05. The molecule has 0 atom stereocenters. The zero-order chi connectivity index (χ0) is 10.7. The summed E-state index contributed by atoms with van der Waals surface area (Å²) in [6, 6.07) is 8.47. The number of H-pyrrole nitrogens is 1. The van der Waals surface area contributed by atoms with Crippen LogP contribution in [0.3, 0.4) is 0 Å². The highest BCUT2D eigenvalue weighted by atomic mass is 127. The standard InChI is InChI=1S/C10H10IN3O/c1-2-15-10-12-9(13-14-10)7-4-3-5-8(11)6-7/h3-6H,2H2,1H3,(H,12,13,14). The number of aromatic nitrogens is 3. The number of hydrogen-bond donors (Lipinski definition) is 1. The highest BCUT2D eigenvalue weighted by Crippen LogP contribution is 2.18. The predicted molar refractivity (Wildman–Crippen MR) is 65.7 cm³/mol. The fourth-order valence-electron chi connectivity index (χ4n) is 1.20. The monoisotopic (exact) mass is 315 g/mol. The Morgan fingerprint density at radius 2 is 2.33 bits per heavy atom. The zero-order valence-electron chi connectivity index (χ0n) is 8.20. The molecule has 4 nitrogen and oxygen atoms in total. The van der Waals surface area contributed by atoms with Crippen molar-refractivity contribution in [1.82, 2.24) is 15.2 Å². The average molecular weight is 315 g/mol. The summed E-state index contributed by atoms with van der Waals surface area (Å²) < 4.78 is 6.37. The molecule has 0 radical (unpaired) electrons. The quantitative estimate of drug-likeness (QED) is 0.885. The second-order valence-electron chi connectivity index (χ2n) is 2.91. The Labute approximate surface area is 101 Å². The minimum Gasteiger partial charge on any atom is -0.464 e. The molecule has 0 fully saturated rings. The lowest BCUT2D eigenvalue weighted by molar-refractivity contribution is 0.314. The second-order valence-corrected chi connectivity index (χ2v) is 4.15. The van der Waals surface area contributed by atoms with Crippen LogP contribution in [-0.4, -0.2) is 21.8 Å². The van der Waals surface area contributed by atoms with Crippen molar-refractivity contribution in [3.05, 3.63) is 27.8 Å². The van der Waals surface area contributed by atoms with E-state index in [0.717, 1.165) is 9.13 Å². The average Bonchev–Trinajstić information content (AvgIpc) is 2.67. The van der Waals surface area contributed by atoms with Gasteiger partial charge in [-0.25, -0.2) is 5.10 Å². The molecule has 0 aliphatic rings. The maximum Gasteiger partial charge on any atom is 0.312 e. The number of nitrogens with zero attached hydrogens (tertiary/aromatic N) is 2. The molecular weight excluding hydrogens is 305 g/mol. The molecule has 15 heavy (non-hydrogen) atoms. The van der Waals surface area contributed by atoms with Crippen LogP contribution in [0.2, 0.25) is 0 Å². The molecular formula is C10H10IN3O. The van der Waals surface area contributed by atoms with Gasteiger partial charge in [-0.05, 0) is 41.6 Å². The molecule has 0 aliphatic heterocycles. The second kappa shape index (κ2) is 4.61. The summed E-state index contributed by atoms with van der Waals surface area (Å²) in [5.41, 5.74) is 0.990. The number of nitrogens with one attached hydrogen (secondary N) is 1. The van der Waals surface area contributed by atoms with Crippen molar-refractivity contribution in [2.75, 3.05) is 6.61 Å². The van der Waals surface area contributed by atoms with Crippen molar-refractivity contribution in [2.24, 2.45) is 0 Å². The molecule has 2 rings (SSSR count). The van der Waals surface area contributed by atoms with Crippen LogP contribution in [0.15, 0.2) is 24.3 Å². The molecule has 1 heterocycles. The normalized spacial score (nSPS) is 10.3. The SMILES string of the molecule is CCOc1nc(-c2cccc(I)c2)n[nH]1. The summed E-state index contributed by atoms with van der Waals surface area (Å²) in [6.45, 7) is 2.49. The Morgan fingerprint density at radius 3 is 3.07 bits per heavy atom. The van der Waals surface area contributed by atoms with Gasteiger partial charge in [0.05, 0.1) is 6.61 Å². The first kappa shape index (κ1) is 10.4. The van der Waals surface area contributed by atoms with Crippen LogP contribution < -0.4 is 4.74 Å². The Balaban J connectivity index is 2.29. The van der Waals surface area contributed by atoms with Crippen molar-refractivity contribution in [3.63, 3.8) is 0 Å². The highest BCUT2D eigenvalue weighted by molar-refractivity contribution is 14.1. The minimum atomic E-state index is 0.464. The van der Waals surface area contributed by atoms with Crippen molar-refractivity contribution in [3.8, 4) is 17.4 Å². The van der Waals surface area contributed by atoms with Crippen LogP contribution in [0.5, 0.6) is 6.01 Å². The van der Waals surface area contributed by atoms with Crippen LogP contribution in [0.25, 0.3) is 11.4 Å². The predicted octanol–water partition coefficient (Wildman–Crippen LogP) is 2.47. The molecule has 78 valence electrons. The molecule has 1 aromatic heterocycles. The molecule has 0 saturated heterocycles.